The van der Waals surface area contributed by atoms with Crippen LogP contribution in [0, 0.1) is 0 Å². The Hall–Kier alpha value is -4.11. The SMILES string of the molecule is C/C(=N\c1ccc2ccccc2c1)c1cccc(/C(C)=N/c2ccc3ccccc3c2)n1. The lowest BCUT2D eigenvalue weighted by Gasteiger charge is -2.06. The Morgan fingerprint density at radius 1 is 0.500 bits per heavy atom. The predicted molar refractivity (Wildman–Crippen MR) is 136 cm³/mol. The van der Waals surface area contributed by atoms with E-state index in [4.69, 9.17) is 15.0 Å². The Morgan fingerprint density at radius 2 is 0.938 bits per heavy atom. The van der Waals surface area contributed by atoms with Gasteiger partial charge in [-0.2, -0.15) is 0 Å². The maximum absolute atomic E-state index is 4.83. The van der Waals surface area contributed by atoms with Gasteiger partial charge in [-0.3, -0.25) is 9.98 Å². The maximum Gasteiger partial charge on any atom is 0.0849 e. The third-order valence-corrected chi connectivity index (χ3v) is 5.55. The van der Waals surface area contributed by atoms with Gasteiger partial charge in [0.2, 0.25) is 0 Å². The maximum atomic E-state index is 4.83. The van der Waals surface area contributed by atoms with Crippen molar-refractivity contribution in [3.63, 3.8) is 0 Å². The number of hydrogen-bond donors (Lipinski definition) is 0. The van der Waals surface area contributed by atoms with Crippen LogP contribution < -0.4 is 0 Å². The van der Waals surface area contributed by atoms with Gasteiger partial charge in [-0.15, -0.1) is 0 Å². The van der Waals surface area contributed by atoms with Gasteiger partial charge in [-0.25, -0.2) is 4.98 Å². The second-order valence-corrected chi connectivity index (χ2v) is 7.87. The smallest absolute Gasteiger partial charge is 0.0849 e. The van der Waals surface area contributed by atoms with Crippen LogP contribution in [0.4, 0.5) is 11.4 Å². The topological polar surface area (TPSA) is 37.6 Å². The summed E-state index contributed by atoms with van der Waals surface area (Å²) in [6.07, 6.45) is 0. The summed E-state index contributed by atoms with van der Waals surface area (Å²) in [5.74, 6) is 0. The Morgan fingerprint density at radius 3 is 1.41 bits per heavy atom. The van der Waals surface area contributed by atoms with Crippen molar-refractivity contribution in [3.8, 4) is 0 Å². The summed E-state index contributed by atoms with van der Waals surface area (Å²) in [7, 11) is 0. The van der Waals surface area contributed by atoms with Crippen LogP contribution in [0.3, 0.4) is 0 Å². The molecule has 4 aromatic carbocycles. The predicted octanol–water partition coefficient (Wildman–Crippen LogP) is 7.67. The Bertz CT molecular complexity index is 1380. The normalized spacial score (nSPS) is 12.4. The molecule has 0 atom stereocenters. The van der Waals surface area contributed by atoms with Crippen molar-refractivity contribution in [2.75, 3.05) is 0 Å². The molecule has 0 saturated carbocycles. The lowest BCUT2D eigenvalue weighted by molar-refractivity contribution is 1.24. The minimum Gasteiger partial charge on any atom is -0.251 e. The van der Waals surface area contributed by atoms with Crippen LogP contribution in [0.1, 0.15) is 25.2 Å². The highest BCUT2D eigenvalue weighted by atomic mass is 14.8. The molecule has 3 nitrogen and oxygen atoms in total. The van der Waals surface area contributed by atoms with Crippen LogP contribution in [-0.4, -0.2) is 16.4 Å². The molecule has 0 saturated heterocycles. The van der Waals surface area contributed by atoms with Crippen LogP contribution in [-0.2, 0) is 0 Å². The van der Waals surface area contributed by atoms with Crippen molar-refractivity contribution in [3.05, 3.63) is 115 Å². The molecule has 0 unspecified atom stereocenters. The molecule has 0 aliphatic rings. The first kappa shape index (κ1) is 19.8. The molecular weight excluding hydrogens is 390 g/mol. The zero-order valence-electron chi connectivity index (χ0n) is 18.2. The summed E-state index contributed by atoms with van der Waals surface area (Å²) in [5.41, 5.74) is 5.30. The molecule has 0 radical (unpaired) electrons. The molecule has 0 aliphatic heterocycles. The number of aliphatic imine (C=N–C) groups is 2. The van der Waals surface area contributed by atoms with Crippen LogP contribution in [0.2, 0.25) is 0 Å². The van der Waals surface area contributed by atoms with Gasteiger partial charge in [0, 0.05) is 0 Å². The van der Waals surface area contributed by atoms with Gasteiger partial charge < -0.3 is 0 Å². The van der Waals surface area contributed by atoms with E-state index in [0.29, 0.717) is 0 Å². The molecule has 1 heterocycles. The molecule has 5 aromatic rings. The van der Waals surface area contributed by atoms with E-state index in [2.05, 4.69) is 48.5 Å². The van der Waals surface area contributed by atoms with Crippen molar-refractivity contribution < 1.29 is 0 Å². The number of aromatic nitrogens is 1. The molecular formula is C29H23N3. The summed E-state index contributed by atoms with van der Waals surface area (Å²) in [6.45, 7) is 3.99. The van der Waals surface area contributed by atoms with Gasteiger partial charge in [-0.05, 0) is 71.8 Å². The van der Waals surface area contributed by atoms with Gasteiger partial charge in [-0.1, -0.05) is 66.7 Å². The largest absolute Gasteiger partial charge is 0.251 e. The van der Waals surface area contributed by atoms with Crippen molar-refractivity contribution in [1.82, 2.24) is 4.98 Å². The average molecular weight is 414 g/mol. The molecule has 0 bridgehead atoms. The van der Waals surface area contributed by atoms with E-state index in [-0.39, 0.29) is 0 Å². The Balaban J connectivity index is 1.44. The molecule has 0 spiro atoms. The number of hydrogen-bond acceptors (Lipinski definition) is 3. The number of pyridine rings is 1. The van der Waals surface area contributed by atoms with Crippen LogP contribution in [0.5, 0.6) is 0 Å². The number of rotatable bonds is 4. The van der Waals surface area contributed by atoms with E-state index in [0.717, 1.165) is 34.2 Å². The van der Waals surface area contributed by atoms with E-state index in [9.17, 15) is 0 Å². The van der Waals surface area contributed by atoms with Crippen molar-refractivity contribution in [1.29, 1.82) is 0 Å². The van der Waals surface area contributed by atoms with Gasteiger partial charge in [0.05, 0.1) is 34.2 Å². The van der Waals surface area contributed by atoms with Gasteiger partial charge in [0.1, 0.15) is 0 Å². The number of nitrogens with zero attached hydrogens (tertiary/aromatic N) is 3. The number of benzene rings is 4. The quantitative estimate of drug-likeness (QED) is 0.279. The average Bonchev–Trinajstić information content (AvgIpc) is 2.84. The molecule has 0 fully saturated rings. The summed E-state index contributed by atoms with van der Waals surface area (Å²) >= 11 is 0. The van der Waals surface area contributed by atoms with Crippen molar-refractivity contribution >= 4 is 44.3 Å². The Kier molecular flexibility index (Phi) is 5.30. The second-order valence-electron chi connectivity index (χ2n) is 7.87. The second kappa shape index (κ2) is 8.56. The highest BCUT2D eigenvalue weighted by Crippen LogP contribution is 2.23. The zero-order valence-corrected chi connectivity index (χ0v) is 18.2. The molecule has 0 aliphatic carbocycles. The molecule has 154 valence electrons. The van der Waals surface area contributed by atoms with Crippen LogP contribution in [0.15, 0.2) is 113 Å². The fourth-order valence-electron chi connectivity index (χ4n) is 3.83. The third-order valence-electron chi connectivity index (χ3n) is 5.55. The number of fused-ring (bicyclic) bond motifs is 2. The minimum atomic E-state index is 0.851. The first-order chi connectivity index (χ1) is 15.7. The van der Waals surface area contributed by atoms with E-state index < -0.39 is 0 Å². The minimum absolute atomic E-state index is 0.851. The lowest BCUT2D eigenvalue weighted by Crippen LogP contribution is -2.04. The van der Waals surface area contributed by atoms with Gasteiger partial charge in [0.25, 0.3) is 0 Å². The molecule has 0 amide bonds. The van der Waals surface area contributed by atoms with E-state index in [1.165, 1.54) is 21.5 Å². The highest BCUT2D eigenvalue weighted by molar-refractivity contribution is 6.02. The molecule has 5 rings (SSSR count). The van der Waals surface area contributed by atoms with Crippen LogP contribution >= 0.6 is 0 Å². The highest BCUT2D eigenvalue weighted by Gasteiger charge is 2.06. The standard InChI is InChI=1S/C29H23N3/c1-20(30-26-16-14-22-8-3-5-10-24(22)18-26)28-12-7-13-29(32-28)21(2)31-27-17-15-23-9-4-6-11-25(23)19-27/h3-19H,1-2H3/b30-20+,31-21+. The molecule has 1 aromatic heterocycles. The summed E-state index contributed by atoms with van der Waals surface area (Å²) in [4.78, 5) is 14.5. The zero-order chi connectivity index (χ0) is 21.9. The molecule has 0 N–H and O–H groups in total. The van der Waals surface area contributed by atoms with Gasteiger partial charge >= 0.3 is 0 Å². The van der Waals surface area contributed by atoms with Crippen molar-refractivity contribution in [2.45, 2.75) is 13.8 Å². The summed E-state index contributed by atoms with van der Waals surface area (Å²) < 4.78 is 0. The first-order valence-corrected chi connectivity index (χ1v) is 10.7. The van der Waals surface area contributed by atoms with Gasteiger partial charge in [0.15, 0.2) is 0 Å². The van der Waals surface area contributed by atoms with E-state index >= 15 is 0 Å². The lowest BCUT2D eigenvalue weighted by atomic mass is 10.1. The summed E-state index contributed by atoms with van der Waals surface area (Å²) in [5, 5.41) is 4.79. The Labute approximate surface area is 187 Å². The van der Waals surface area contributed by atoms with E-state index in [1.54, 1.807) is 0 Å². The fraction of sp³-hybridized carbons (Fsp3) is 0.0690. The van der Waals surface area contributed by atoms with Crippen LogP contribution in [0.25, 0.3) is 21.5 Å². The molecule has 32 heavy (non-hydrogen) atoms. The first-order valence-electron chi connectivity index (χ1n) is 10.7. The van der Waals surface area contributed by atoms with E-state index in [1.807, 2.05) is 68.4 Å². The monoisotopic (exact) mass is 413 g/mol. The molecule has 3 heteroatoms. The third kappa shape index (κ3) is 4.19. The summed E-state index contributed by atoms with van der Waals surface area (Å²) in [6, 6.07) is 35.1. The fourth-order valence-corrected chi connectivity index (χ4v) is 3.83. The van der Waals surface area contributed by atoms with Crippen molar-refractivity contribution in [2.24, 2.45) is 9.98 Å².